The lowest BCUT2D eigenvalue weighted by Crippen LogP contribution is -2.45. The largest absolute Gasteiger partial charge is 0.394 e. The number of allylic oxidation sites excluding steroid dienone is 14. The van der Waals surface area contributed by atoms with Crippen molar-refractivity contribution in [3.8, 4) is 0 Å². The number of rotatable bonds is 30. The monoisotopic (exact) mass is 610 g/mol. The lowest BCUT2D eigenvalue weighted by molar-refractivity contribution is -0.123. The second kappa shape index (κ2) is 35.1. The number of unbranched alkanes of at least 4 members (excludes halogenated alkanes) is 9. The molecule has 0 aliphatic rings. The summed E-state index contributed by atoms with van der Waals surface area (Å²) in [7, 11) is 0. The van der Waals surface area contributed by atoms with Gasteiger partial charge in [-0.2, -0.15) is 0 Å². The molecule has 0 aliphatic carbocycles. The third-order valence-electron chi connectivity index (χ3n) is 7.42. The first-order valence-electron chi connectivity index (χ1n) is 17.8. The molecule has 250 valence electrons. The van der Waals surface area contributed by atoms with Crippen LogP contribution in [-0.2, 0) is 4.79 Å². The Hall–Kier alpha value is -2.43. The lowest BCUT2D eigenvalue weighted by atomic mass is 10.0. The predicted octanol–water partition coefficient (Wildman–Crippen LogP) is 10.6. The smallest absolute Gasteiger partial charge is 0.220 e. The van der Waals surface area contributed by atoms with Gasteiger partial charge in [0.25, 0.3) is 0 Å². The van der Waals surface area contributed by atoms with Gasteiger partial charge in [-0.05, 0) is 64.2 Å². The van der Waals surface area contributed by atoms with Crippen LogP contribution in [0.3, 0.4) is 0 Å². The van der Waals surface area contributed by atoms with E-state index in [-0.39, 0.29) is 12.5 Å². The second-order valence-electron chi connectivity index (χ2n) is 11.6. The Morgan fingerprint density at radius 2 is 0.977 bits per heavy atom. The summed E-state index contributed by atoms with van der Waals surface area (Å²) in [6.07, 6.45) is 50.7. The molecule has 1 amide bonds. The van der Waals surface area contributed by atoms with E-state index in [0.717, 1.165) is 70.6 Å². The summed E-state index contributed by atoms with van der Waals surface area (Å²) >= 11 is 0. The van der Waals surface area contributed by atoms with Crippen LogP contribution in [-0.4, -0.2) is 34.9 Å². The van der Waals surface area contributed by atoms with Gasteiger partial charge in [-0.25, -0.2) is 0 Å². The molecule has 4 heteroatoms. The maximum absolute atomic E-state index is 12.3. The van der Waals surface area contributed by atoms with E-state index in [4.69, 9.17) is 0 Å². The third-order valence-corrected chi connectivity index (χ3v) is 7.42. The predicted molar refractivity (Wildman–Crippen MR) is 193 cm³/mol. The average Bonchev–Trinajstić information content (AvgIpc) is 3.03. The Labute approximate surface area is 271 Å². The Balaban J connectivity index is 3.77. The van der Waals surface area contributed by atoms with Gasteiger partial charge >= 0.3 is 0 Å². The summed E-state index contributed by atoms with van der Waals surface area (Å²) in [6, 6.07) is -0.569. The SMILES string of the molecule is CC/C=C\C/C=C\C/C=C\C/C=C\C/C=C\C/C=C\C/C=C\CCCC(=O)NC(CO)C(O)CCCCCCCCCCC. The first kappa shape index (κ1) is 41.6. The Bertz CT molecular complexity index is 834. The van der Waals surface area contributed by atoms with Crippen molar-refractivity contribution < 1.29 is 15.0 Å². The Kier molecular flexibility index (Phi) is 33.1. The maximum Gasteiger partial charge on any atom is 0.220 e. The fourth-order valence-electron chi connectivity index (χ4n) is 4.70. The van der Waals surface area contributed by atoms with E-state index >= 15 is 0 Å². The van der Waals surface area contributed by atoms with Crippen LogP contribution >= 0.6 is 0 Å². The fraction of sp³-hybridized carbons (Fsp3) is 0.625. The van der Waals surface area contributed by atoms with Crippen molar-refractivity contribution in [2.45, 2.75) is 154 Å². The Morgan fingerprint density at radius 3 is 1.41 bits per heavy atom. The van der Waals surface area contributed by atoms with Crippen LogP contribution in [0.4, 0.5) is 0 Å². The molecule has 0 aromatic heterocycles. The highest BCUT2D eigenvalue weighted by Gasteiger charge is 2.19. The lowest BCUT2D eigenvalue weighted by Gasteiger charge is -2.22. The van der Waals surface area contributed by atoms with Crippen LogP contribution in [0.1, 0.15) is 142 Å². The highest BCUT2D eigenvalue weighted by molar-refractivity contribution is 5.76. The summed E-state index contributed by atoms with van der Waals surface area (Å²) < 4.78 is 0. The van der Waals surface area contributed by atoms with Gasteiger partial charge < -0.3 is 15.5 Å². The van der Waals surface area contributed by atoms with Gasteiger partial charge in [-0.3, -0.25) is 4.79 Å². The maximum atomic E-state index is 12.3. The number of nitrogens with one attached hydrogen (secondary N) is 1. The molecule has 0 saturated carbocycles. The minimum absolute atomic E-state index is 0.0967. The van der Waals surface area contributed by atoms with E-state index in [9.17, 15) is 15.0 Å². The van der Waals surface area contributed by atoms with Crippen LogP contribution in [0.15, 0.2) is 85.1 Å². The van der Waals surface area contributed by atoms with Crippen molar-refractivity contribution in [1.29, 1.82) is 0 Å². The number of hydrogen-bond acceptors (Lipinski definition) is 3. The number of aliphatic hydroxyl groups excluding tert-OH is 2. The molecule has 0 aromatic rings. The summed E-state index contributed by atoms with van der Waals surface area (Å²) in [5.74, 6) is -0.0967. The van der Waals surface area contributed by atoms with Crippen molar-refractivity contribution in [1.82, 2.24) is 5.32 Å². The standard InChI is InChI=1S/C40H67NO3/c1-3-5-7-9-11-13-14-15-16-17-18-19-20-21-22-23-24-25-26-28-30-32-34-36-40(44)41-38(37-42)39(43)35-33-31-29-27-12-10-8-6-4-2/h5,7,11,13,15-16,18-19,21-22,24-25,28,30,38-39,42-43H,3-4,6,8-10,12,14,17,20,23,26-27,29,31-37H2,1-2H3,(H,41,44)/b7-5-,13-11-,16-15-,19-18-,22-21-,25-24-,30-28-. The van der Waals surface area contributed by atoms with Crippen molar-refractivity contribution in [2.75, 3.05) is 6.61 Å². The molecule has 0 rings (SSSR count). The molecule has 0 radical (unpaired) electrons. The molecular weight excluding hydrogens is 542 g/mol. The first-order valence-corrected chi connectivity index (χ1v) is 17.8. The number of hydrogen-bond donors (Lipinski definition) is 3. The van der Waals surface area contributed by atoms with Crippen LogP contribution in [0.2, 0.25) is 0 Å². The van der Waals surface area contributed by atoms with Gasteiger partial charge in [0, 0.05) is 6.42 Å². The number of carbonyl (C=O) groups excluding carboxylic acids is 1. The normalized spacial score (nSPS) is 14.2. The fourth-order valence-corrected chi connectivity index (χ4v) is 4.70. The summed E-state index contributed by atoms with van der Waals surface area (Å²) in [5, 5.41) is 22.9. The molecule has 2 atom stereocenters. The zero-order valence-electron chi connectivity index (χ0n) is 28.4. The van der Waals surface area contributed by atoms with Crippen LogP contribution in [0, 0.1) is 0 Å². The summed E-state index contributed by atoms with van der Waals surface area (Å²) in [6.45, 7) is 4.17. The van der Waals surface area contributed by atoms with Crippen molar-refractivity contribution in [3.63, 3.8) is 0 Å². The van der Waals surface area contributed by atoms with E-state index < -0.39 is 12.1 Å². The molecule has 0 bridgehead atoms. The van der Waals surface area contributed by atoms with E-state index in [0.29, 0.717) is 12.8 Å². The van der Waals surface area contributed by atoms with E-state index in [1.54, 1.807) is 0 Å². The van der Waals surface area contributed by atoms with Gasteiger partial charge in [0.15, 0.2) is 0 Å². The van der Waals surface area contributed by atoms with Crippen LogP contribution in [0.5, 0.6) is 0 Å². The third kappa shape index (κ3) is 31.0. The van der Waals surface area contributed by atoms with Crippen molar-refractivity contribution in [2.24, 2.45) is 0 Å². The highest BCUT2D eigenvalue weighted by Crippen LogP contribution is 2.13. The average molecular weight is 610 g/mol. The number of aliphatic hydroxyl groups is 2. The van der Waals surface area contributed by atoms with Crippen molar-refractivity contribution >= 4 is 5.91 Å². The molecule has 0 heterocycles. The number of amides is 1. The quantitative estimate of drug-likeness (QED) is 0.0560. The number of carbonyl (C=O) groups is 1. The van der Waals surface area contributed by atoms with Gasteiger partial charge in [0.05, 0.1) is 18.8 Å². The minimum Gasteiger partial charge on any atom is -0.394 e. The molecule has 0 aliphatic heterocycles. The molecule has 44 heavy (non-hydrogen) atoms. The molecular formula is C40H67NO3. The van der Waals surface area contributed by atoms with Crippen LogP contribution < -0.4 is 5.32 Å². The highest BCUT2D eigenvalue weighted by atomic mass is 16.3. The summed E-state index contributed by atoms with van der Waals surface area (Å²) in [5.41, 5.74) is 0. The zero-order valence-corrected chi connectivity index (χ0v) is 28.4. The van der Waals surface area contributed by atoms with Gasteiger partial charge in [-0.1, -0.05) is 157 Å². The van der Waals surface area contributed by atoms with E-state index in [1.165, 1.54) is 44.9 Å². The topological polar surface area (TPSA) is 69.6 Å². The van der Waals surface area contributed by atoms with E-state index in [2.05, 4.69) is 104 Å². The second-order valence-corrected chi connectivity index (χ2v) is 11.6. The molecule has 0 aromatic carbocycles. The van der Waals surface area contributed by atoms with Gasteiger partial charge in [0.2, 0.25) is 5.91 Å². The van der Waals surface area contributed by atoms with Gasteiger partial charge in [-0.15, -0.1) is 0 Å². The Morgan fingerprint density at radius 1 is 0.568 bits per heavy atom. The first-order chi connectivity index (χ1) is 21.7. The minimum atomic E-state index is -0.685. The zero-order chi connectivity index (χ0) is 32.2. The molecule has 0 fully saturated rings. The van der Waals surface area contributed by atoms with E-state index in [1.807, 2.05) is 0 Å². The van der Waals surface area contributed by atoms with Crippen LogP contribution in [0.25, 0.3) is 0 Å². The molecule has 4 nitrogen and oxygen atoms in total. The molecule has 3 N–H and O–H groups in total. The molecule has 0 saturated heterocycles. The van der Waals surface area contributed by atoms with Crippen molar-refractivity contribution in [3.05, 3.63) is 85.1 Å². The molecule has 0 spiro atoms. The summed E-state index contributed by atoms with van der Waals surface area (Å²) in [4.78, 5) is 12.3. The van der Waals surface area contributed by atoms with Gasteiger partial charge in [0.1, 0.15) is 0 Å². The molecule has 2 unspecified atom stereocenters.